The molecule has 0 spiro atoms. The first-order valence-electron chi connectivity index (χ1n) is 5.95. The summed E-state index contributed by atoms with van der Waals surface area (Å²) in [5, 5.41) is 10.6. The van der Waals surface area contributed by atoms with Crippen molar-refractivity contribution in [3.8, 4) is 0 Å². The van der Waals surface area contributed by atoms with Crippen molar-refractivity contribution in [3.05, 3.63) is 62.3 Å². The smallest absolute Gasteiger partial charge is 0.328 e. The highest BCUT2D eigenvalue weighted by Gasteiger charge is 2.03. The van der Waals surface area contributed by atoms with Gasteiger partial charge in [0, 0.05) is 15.4 Å². The number of benzene rings is 1. The molecule has 1 aromatic heterocycles. The van der Waals surface area contributed by atoms with Crippen molar-refractivity contribution in [2.45, 2.75) is 13.2 Å². The van der Waals surface area contributed by atoms with Crippen molar-refractivity contribution in [3.63, 3.8) is 0 Å². The van der Waals surface area contributed by atoms with Gasteiger partial charge in [0.2, 0.25) is 0 Å². The molecule has 0 saturated heterocycles. The first-order chi connectivity index (χ1) is 9.65. The molecule has 0 fully saturated rings. The van der Waals surface area contributed by atoms with Crippen molar-refractivity contribution in [2.24, 2.45) is 0 Å². The number of ether oxygens (including phenoxy) is 1. The van der Waals surface area contributed by atoms with Crippen molar-refractivity contribution >= 4 is 39.3 Å². The quantitative estimate of drug-likeness (QED) is 0.787. The van der Waals surface area contributed by atoms with E-state index in [1.54, 1.807) is 17.4 Å². The van der Waals surface area contributed by atoms with Crippen LogP contribution >= 0.6 is 27.3 Å². The molecule has 5 heteroatoms. The van der Waals surface area contributed by atoms with Crippen LogP contribution in [-0.4, -0.2) is 11.1 Å². The molecule has 1 heterocycles. The molecule has 0 aliphatic carbocycles. The average Bonchev–Trinajstić information content (AvgIpc) is 2.84. The summed E-state index contributed by atoms with van der Waals surface area (Å²) >= 11 is 4.98. The van der Waals surface area contributed by atoms with E-state index in [-0.39, 0.29) is 0 Å². The summed E-state index contributed by atoms with van der Waals surface area (Å²) in [6.07, 6.45) is 2.73. The Morgan fingerprint density at radius 2 is 2.20 bits per heavy atom. The molecule has 0 amide bonds. The van der Waals surface area contributed by atoms with Gasteiger partial charge in [0.15, 0.2) is 0 Å². The molecule has 0 bridgehead atoms. The van der Waals surface area contributed by atoms with Crippen LogP contribution in [0.1, 0.15) is 16.0 Å². The van der Waals surface area contributed by atoms with Gasteiger partial charge >= 0.3 is 5.97 Å². The molecule has 20 heavy (non-hydrogen) atoms. The third kappa shape index (κ3) is 4.59. The predicted molar refractivity (Wildman–Crippen MR) is 83.6 cm³/mol. The fourth-order valence-electron chi connectivity index (χ4n) is 1.67. The van der Waals surface area contributed by atoms with Gasteiger partial charge in [0.1, 0.15) is 0 Å². The predicted octanol–water partition coefficient (Wildman–Crippen LogP) is 4.33. The maximum atomic E-state index is 10.5. The second-order valence-electron chi connectivity index (χ2n) is 4.09. The Bertz CT molecular complexity index is 619. The number of halogens is 1. The lowest BCUT2D eigenvalue weighted by atomic mass is 10.2. The van der Waals surface area contributed by atoms with Crippen LogP contribution in [0.15, 0.2) is 46.3 Å². The Morgan fingerprint density at radius 1 is 1.35 bits per heavy atom. The second kappa shape index (κ2) is 7.38. The number of hydrogen-bond acceptors (Lipinski definition) is 3. The molecule has 0 radical (unpaired) electrons. The SMILES string of the molecule is O=C(O)/C=C/c1ccsc1COCc1cccc(Br)c1. The van der Waals surface area contributed by atoms with Gasteiger partial charge in [-0.3, -0.25) is 0 Å². The molecule has 0 atom stereocenters. The van der Waals surface area contributed by atoms with Gasteiger partial charge < -0.3 is 9.84 Å². The zero-order valence-corrected chi connectivity index (χ0v) is 13.0. The van der Waals surface area contributed by atoms with Crippen molar-refractivity contribution in [2.75, 3.05) is 0 Å². The van der Waals surface area contributed by atoms with Crippen LogP contribution in [0.25, 0.3) is 6.08 Å². The van der Waals surface area contributed by atoms with E-state index < -0.39 is 5.97 Å². The van der Waals surface area contributed by atoms with Crippen molar-refractivity contribution in [1.82, 2.24) is 0 Å². The van der Waals surface area contributed by atoms with E-state index >= 15 is 0 Å². The highest BCUT2D eigenvalue weighted by Crippen LogP contribution is 2.20. The van der Waals surface area contributed by atoms with E-state index in [2.05, 4.69) is 15.9 Å². The molecule has 0 aliphatic rings. The molecule has 0 saturated carbocycles. The van der Waals surface area contributed by atoms with Gasteiger partial charge in [-0.05, 0) is 40.8 Å². The largest absolute Gasteiger partial charge is 0.478 e. The van der Waals surface area contributed by atoms with Crippen LogP contribution in [0.5, 0.6) is 0 Å². The number of thiophene rings is 1. The van der Waals surface area contributed by atoms with Crippen molar-refractivity contribution < 1.29 is 14.6 Å². The molecule has 1 N–H and O–H groups in total. The highest BCUT2D eigenvalue weighted by molar-refractivity contribution is 9.10. The third-order valence-electron chi connectivity index (χ3n) is 2.58. The minimum atomic E-state index is -0.947. The standard InChI is InChI=1S/C15H13BrO3S/c16-13-3-1-2-11(8-13)9-19-10-14-12(6-7-20-14)4-5-15(17)18/h1-8H,9-10H2,(H,17,18)/b5-4+. The maximum Gasteiger partial charge on any atom is 0.328 e. The first kappa shape index (κ1) is 15.0. The molecule has 104 valence electrons. The zero-order chi connectivity index (χ0) is 14.4. The van der Waals surface area contributed by atoms with Crippen LogP contribution in [0.3, 0.4) is 0 Å². The second-order valence-corrected chi connectivity index (χ2v) is 6.01. The molecule has 2 rings (SSSR count). The average molecular weight is 353 g/mol. The topological polar surface area (TPSA) is 46.5 Å². The van der Waals surface area contributed by atoms with Gasteiger partial charge in [-0.25, -0.2) is 4.79 Å². The van der Waals surface area contributed by atoms with Gasteiger partial charge in [-0.15, -0.1) is 11.3 Å². The van der Waals surface area contributed by atoms with Crippen LogP contribution in [0.4, 0.5) is 0 Å². The number of carboxylic acids is 1. The lowest BCUT2D eigenvalue weighted by Crippen LogP contribution is -1.94. The lowest BCUT2D eigenvalue weighted by molar-refractivity contribution is -0.131. The number of hydrogen-bond donors (Lipinski definition) is 1. The Morgan fingerprint density at radius 3 is 2.95 bits per heavy atom. The van der Waals surface area contributed by atoms with Crippen LogP contribution < -0.4 is 0 Å². The summed E-state index contributed by atoms with van der Waals surface area (Å²) in [6, 6.07) is 9.85. The zero-order valence-electron chi connectivity index (χ0n) is 10.6. The normalized spacial score (nSPS) is 11.1. The van der Waals surface area contributed by atoms with Crippen LogP contribution in [0.2, 0.25) is 0 Å². The summed E-state index contributed by atoms with van der Waals surface area (Å²) in [5.74, 6) is -0.947. The summed E-state index contributed by atoms with van der Waals surface area (Å²) in [7, 11) is 0. The Labute approximate surface area is 129 Å². The number of carboxylic acid groups (broad SMARTS) is 1. The minimum absolute atomic E-state index is 0.476. The number of rotatable bonds is 6. The molecule has 2 aromatic rings. The van der Waals surface area contributed by atoms with Crippen molar-refractivity contribution in [1.29, 1.82) is 0 Å². The Hall–Kier alpha value is -1.43. The molecular weight excluding hydrogens is 340 g/mol. The summed E-state index contributed by atoms with van der Waals surface area (Å²) in [5.41, 5.74) is 1.99. The number of aliphatic carboxylic acids is 1. The minimum Gasteiger partial charge on any atom is -0.478 e. The Balaban J connectivity index is 1.91. The van der Waals surface area contributed by atoms with Crippen LogP contribution in [-0.2, 0) is 22.7 Å². The van der Waals surface area contributed by atoms with E-state index in [1.807, 2.05) is 35.7 Å². The summed E-state index contributed by atoms with van der Waals surface area (Å²) in [6.45, 7) is 1.00. The molecular formula is C15H13BrO3S. The van der Waals surface area contributed by atoms with Gasteiger partial charge in [0.05, 0.1) is 13.2 Å². The lowest BCUT2D eigenvalue weighted by Gasteiger charge is -2.04. The molecule has 0 aliphatic heterocycles. The molecule has 1 aromatic carbocycles. The number of carbonyl (C=O) groups is 1. The van der Waals surface area contributed by atoms with Gasteiger partial charge in [-0.1, -0.05) is 28.1 Å². The Kier molecular flexibility index (Phi) is 5.52. The van der Waals surface area contributed by atoms with Gasteiger partial charge in [-0.2, -0.15) is 0 Å². The summed E-state index contributed by atoms with van der Waals surface area (Å²) < 4.78 is 6.70. The maximum absolute atomic E-state index is 10.5. The summed E-state index contributed by atoms with van der Waals surface area (Å²) in [4.78, 5) is 11.5. The third-order valence-corrected chi connectivity index (χ3v) is 3.98. The monoisotopic (exact) mass is 352 g/mol. The van der Waals surface area contributed by atoms with E-state index in [0.29, 0.717) is 13.2 Å². The van der Waals surface area contributed by atoms with Crippen LogP contribution in [0, 0.1) is 0 Å². The van der Waals surface area contributed by atoms with E-state index in [1.165, 1.54) is 0 Å². The van der Waals surface area contributed by atoms with Gasteiger partial charge in [0.25, 0.3) is 0 Å². The fraction of sp³-hybridized carbons (Fsp3) is 0.133. The van der Waals surface area contributed by atoms with E-state index in [0.717, 1.165) is 26.6 Å². The van der Waals surface area contributed by atoms with E-state index in [9.17, 15) is 4.79 Å². The molecule has 3 nitrogen and oxygen atoms in total. The fourth-order valence-corrected chi connectivity index (χ4v) is 2.91. The van der Waals surface area contributed by atoms with E-state index in [4.69, 9.17) is 9.84 Å². The first-order valence-corrected chi connectivity index (χ1v) is 7.62. The highest BCUT2D eigenvalue weighted by atomic mass is 79.9. The molecule has 0 unspecified atom stereocenters.